The van der Waals surface area contributed by atoms with E-state index in [1.54, 1.807) is 0 Å². The summed E-state index contributed by atoms with van der Waals surface area (Å²) in [6, 6.07) is 0. The highest BCUT2D eigenvalue weighted by atomic mass is 127. The molecular weight excluding hydrogens is 489 g/mol. The van der Waals surface area contributed by atoms with Crippen molar-refractivity contribution in [2.45, 2.75) is 64.4 Å². The molecule has 0 radical (unpaired) electrons. The lowest BCUT2D eigenvalue weighted by Crippen LogP contribution is -2.58. The van der Waals surface area contributed by atoms with Gasteiger partial charge in [0.1, 0.15) is 5.60 Å². The van der Waals surface area contributed by atoms with Crippen molar-refractivity contribution in [3.8, 4) is 0 Å². The third-order valence-corrected chi connectivity index (χ3v) is 10.6. The summed E-state index contributed by atoms with van der Waals surface area (Å²) in [6.07, 6.45) is 12.1. The number of rotatable bonds is 4. The first-order chi connectivity index (χ1) is 14.4. The number of nitrogens with zero attached hydrogens (tertiary/aromatic N) is 1. The number of allylic oxidation sites excluding steroid dienone is 3. The standard InChI is InChI=1S/C25H34INO3/c1-4-14-10-15-11-16(27-29)6-7-17(15)18-8-9-25(5-2)23(22(14)18)19-12-20(19)24(25,3)30-21(28)13-26/h4,11,14,17-20,22-23,29H,1,5-10,12-13H2,2-3H3/b27-16+/t14?,17?,18?,19?,20?,22?,23?,24-,25?/m0/s1. The molecule has 8 unspecified atom stereocenters. The van der Waals surface area contributed by atoms with Crippen molar-refractivity contribution in [3.63, 3.8) is 0 Å². The highest BCUT2D eigenvalue weighted by molar-refractivity contribution is 14.1. The molecule has 4 nitrogen and oxygen atoms in total. The van der Waals surface area contributed by atoms with Crippen molar-refractivity contribution in [1.29, 1.82) is 0 Å². The van der Waals surface area contributed by atoms with Crippen molar-refractivity contribution in [3.05, 3.63) is 24.3 Å². The van der Waals surface area contributed by atoms with E-state index < -0.39 is 0 Å². The second kappa shape index (κ2) is 7.35. The Kier molecular flexibility index (Phi) is 5.15. The first-order valence-electron chi connectivity index (χ1n) is 11.8. The number of alkyl halides is 1. The van der Waals surface area contributed by atoms with Crippen LogP contribution in [0.5, 0.6) is 0 Å². The Bertz CT molecular complexity index is 821. The van der Waals surface area contributed by atoms with Crippen LogP contribution in [0, 0.1) is 46.8 Å². The molecule has 5 heteroatoms. The second-order valence-electron chi connectivity index (χ2n) is 10.6. The molecule has 0 aromatic carbocycles. The minimum absolute atomic E-state index is 0.0448. The molecule has 4 saturated carbocycles. The van der Waals surface area contributed by atoms with Crippen molar-refractivity contribution >= 4 is 34.3 Å². The highest BCUT2D eigenvalue weighted by Gasteiger charge is 2.77. The van der Waals surface area contributed by atoms with Gasteiger partial charge in [-0.05, 0) is 93.5 Å². The van der Waals surface area contributed by atoms with Crippen LogP contribution in [-0.4, -0.2) is 26.9 Å². The average molecular weight is 523 g/mol. The zero-order chi connectivity index (χ0) is 21.3. The fourth-order valence-electron chi connectivity index (χ4n) is 8.87. The van der Waals surface area contributed by atoms with Gasteiger partial charge in [-0.15, -0.1) is 6.58 Å². The number of ether oxygens (including phenoxy) is 1. The Morgan fingerprint density at radius 3 is 2.90 bits per heavy atom. The van der Waals surface area contributed by atoms with Gasteiger partial charge in [0.05, 0.1) is 10.1 Å². The molecular formula is C25H34INO3. The maximum absolute atomic E-state index is 12.4. The van der Waals surface area contributed by atoms with E-state index >= 15 is 0 Å². The molecule has 0 spiro atoms. The van der Waals surface area contributed by atoms with Gasteiger partial charge in [0.25, 0.3) is 0 Å². The van der Waals surface area contributed by atoms with Crippen molar-refractivity contribution < 1.29 is 14.7 Å². The van der Waals surface area contributed by atoms with Crippen molar-refractivity contribution in [1.82, 2.24) is 0 Å². The molecule has 5 aliphatic carbocycles. The van der Waals surface area contributed by atoms with Crippen molar-refractivity contribution in [2.24, 2.45) is 52.0 Å². The number of esters is 1. The van der Waals surface area contributed by atoms with Crippen LogP contribution in [0.15, 0.2) is 29.5 Å². The van der Waals surface area contributed by atoms with E-state index in [4.69, 9.17) is 4.74 Å². The number of carbonyl (C=O) groups excluding carboxylic acids is 1. The minimum atomic E-state index is -0.310. The molecule has 0 saturated heterocycles. The van der Waals surface area contributed by atoms with Crippen LogP contribution in [0.25, 0.3) is 0 Å². The third kappa shape index (κ3) is 2.69. The number of oxime groups is 1. The van der Waals surface area contributed by atoms with Crippen molar-refractivity contribution in [2.75, 3.05) is 4.43 Å². The van der Waals surface area contributed by atoms with Crippen LogP contribution < -0.4 is 0 Å². The molecule has 9 atom stereocenters. The topological polar surface area (TPSA) is 58.9 Å². The van der Waals surface area contributed by atoms with Crippen LogP contribution in [0.3, 0.4) is 0 Å². The van der Waals surface area contributed by atoms with Gasteiger partial charge < -0.3 is 9.94 Å². The normalized spacial score (nSPS) is 49.9. The van der Waals surface area contributed by atoms with Gasteiger partial charge in [0, 0.05) is 11.3 Å². The molecule has 4 fully saturated rings. The molecule has 5 aliphatic rings. The smallest absolute Gasteiger partial charge is 0.316 e. The predicted molar refractivity (Wildman–Crippen MR) is 126 cm³/mol. The van der Waals surface area contributed by atoms with Gasteiger partial charge in [-0.3, -0.25) is 4.79 Å². The van der Waals surface area contributed by atoms with E-state index in [1.165, 1.54) is 24.8 Å². The molecule has 5 rings (SSSR count). The van der Waals surface area contributed by atoms with Crippen LogP contribution >= 0.6 is 22.6 Å². The van der Waals surface area contributed by atoms with Crippen LogP contribution in [0.4, 0.5) is 0 Å². The molecule has 0 bridgehead atoms. The van der Waals surface area contributed by atoms with Gasteiger partial charge in [-0.1, -0.05) is 46.3 Å². The van der Waals surface area contributed by atoms with E-state index in [9.17, 15) is 10.0 Å². The van der Waals surface area contributed by atoms with Crippen LogP contribution in [0.1, 0.15) is 58.8 Å². The summed E-state index contributed by atoms with van der Waals surface area (Å²) in [7, 11) is 0. The second-order valence-corrected chi connectivity index (χ2v) is 11.4. The van der Waals surface area contributed by atoms with Gasteiger partial charge in [-0.25, -0.2) is 0 Å². The average Bonchev–Trinajstić information content (AvgIpc) is 3.54. The third-order valence-electron chi connectivity index (χ3n) is 9.99. The molecule has 1 N–H and O–H groups in total. The quantitative estimate of drug-likeness (QED) is 0.127. The van der Waals surface area contributed by atoms with Gasteiger partial charge in [0.15, 0.2) is 0 Å². The summed E-state index contributed by atoms with van der Waals surface area (Å²) in [5, 5.41) is 12.8. The monoisotopic (exact) mass is 523 g/mol. The Morgan fingerprint density at radius 1 is 1.43 bits per heavy atom. The maximum Gasteiger partial charge on any atom is 0.316 e. The summed E-state index contributed by atoms with van der Waals surface area (Å²) in [4.78, 5) is 12.4. The lowest BCUT2D eigenvalue weighted by Gasteiger charge is -2.60. The zero-order valence-corrected chi connectivity index (χ0v) is 20.3. The number of hydrogen-bond acceptors (Lipinski definition) is 4. The lowest BCUT2D eigenvalue weighted by molar-refractivity contribution is -0.190. The Hall–Kier alpha value is -0.850. The Morgan fingerprint density at radius 2 is 2.23 bits per heavy atom. The van der Waals surface area contributed by atoms with E-state index in [1.807, 2.05) is 0 Å². The van der Waals surface area contributed by atoms with Gasteiger partial charge >= 0.3 is 5.97 Å². The summed E-state index contributed by atoms with van der Waals surface area (Å²) in [6.45, 7) is 8.86. The van der Waals surface area contributed by atoms with Crippen LogP contribution in [-0.2, 0) is 9.53 Å². The molecule has 0 aliphatic heterocycles. The molecule has 164 valence electrons. The fourth-order valence-corrected chi connectivity index (χ4v) is 9.03. The summed E-state index contributed by atoms with van der Waals surface area (Å²) < 4.78 is 6.75. The molecule has 0 aromatic heterocycles. The first-order valence-corrected chi connectivity index (χ1v) is 13.3. The Labute approximate surface area is 193 Å². The van der Waals surface area contributed by atoms with Gasteiger partial charge in [-0.2, -0.15) is 0 Å². The lowest BCUT2D eigenvalue weighted by atomic mass is 9.46. The van der Waals surface area contributed by atoms with Crippen LogP contribution in [0.2, 0.25) is 0 Å². The zero-order valence-electron chi connectivity index (χ0n) is 18.1. The highest BCUT2D eigenvalue weighted by Crippen LogP contribution is 2.78. The Balaban J connectivity index is 1.54. The summed E-state index contributed by atoms with van der Waals surface area (Å²) >= 11 is 2.13. The number of hydrogen-bond donors (Lipinski definition) is 1. The number of halogens is 1. The first kappa shape index (κ1) is 21.0. The maximum atomic E-state index is 12.4. The predicted octanol–water partition coefficient (Wildman–Crippen LogP) is 5.78. The molecule has 0 amide bonds. The minimum Gasteiger partial charge on any atom is -0.458 e. The summed E-state index contributed by atoms with van der Waals surface area (Å²) in [5.74, 6) is 4.24. The number of carbonyl (C=O) groups is 1. The van der Waals surface area contributed by atoms with E-state index in [2.05, 4.69) is 60.3 Å². The largest absolute Gasteiger partial charge is 0.458 e. The molecule has 0 heterocycles. The van der Waals surface area contributed by atoms with E-state index in [-0.39, 0.29) is 17.0 Å². The molecule has 0 aromatic rings. The molecule has 30 heavy (non-hydrogen) atoms. The SMILES string of the molecule is C=CC1CC2=C/C(=N/O)CCC2C2CCC3(CC)C(C4CC4[C@]3(C)OC(=O)CI)C12. The summed E-state index contributed by atoms with van der Waals surface area (Å²) in [5.41, 5.74) is 2.12. The fraction of sp³-hybridized carbons (Fsp3) is 0.760. The van der Waals surface area contributed by atoms with E-state index in [0.717, 1.165) is 31.4 Å². The van der Waals surface area contributed by atoms with Gasteiger partial charge in [0.2, 0.25) is 0 Å². The number of fused-ring (bicyclic) bond motifs is 7. The van der Waals surface area contributed by atoms with E-state index in [0.29, 0.717) is 45.9 Å².